The molecule has 0 saturated heterocycles. The van der Waals surface area contributed by atoms with Crippen LogP contribution < -0.4 is 0 Å². The van der Waals surface area contributed by atoms with Crippen molar-refractivity contribution in [3.05, 3.63) is 23.3 Å². The molecule has 0 spiro atoms. The third-order valence-corrected chi connectivity index (χ3v) is 2.96. The molecule has 0 amide bonds. The highest BCUT2D eigenvalue weighted by Crippen LogP contribution is 2.42. The Morgan fingerprint density at radius 2 is 2.20 bits per heavy atom. The molecule has 1 aromatic heterocycles. The maximum Gasteiger partial charge on any atom is 0.434 e. The van der Waals surface area contributed by atoms with Crippen LogP contribution >= 0.6 is 0 Å². The molecule has 0 bridgehead atoms. The van der Waals surface area contributed by atoms with E-state index >= 15 is 0 Å². The van der Waals surface area contributed by atoms with Crippen molar-refractivity contribution in [2.24, 2.45) is 5.92 Å². The lowest BCUT2D eigenvalue weighted by Gasteiger charge is -2.17. The van der Waals surface area contributed by atoms with Gasteiger partial charge in [0.1, 0.15) is 11.7 Å². The standard InChI is InChI=1S/C12H13F3N2O3/c1-2-20-8(6-3-4-6)10-16-5-7(11(18)19)9(17-10)12(13,14)15/h5-6,8H,2-4H2,1H3,(H,18,19). The summed E-state index contributed by atoms with van der Waals surface area (Å²) >= 11 is 0. The Hall–Kier alpha value is -1.70. The van der Waals surface area contributed by atoms with Crippen LogP contribution in [-0.2, 0) is 10.9 Å². The van der Waals surface area contributed by atoms with E-state index in [-0.39, 0.29) is 11.7 Å². The molecular formula is C12H13F3N2O3. The quantitative estimate of drug-likeness (QED) is 0.902. The van der Waals surface area contributed by atoms with Gasteiger partial charge in [0.2, 0.25) is 0 Å². The van der Waals surface area contributed by atoms with Gasteiger partial charge in [0.15, 0.2) is 11.5 Å². The highest BCUT2D eigenvalue weighted by Gasteiger charge is 2.41. The Morgan fingerprint density at radius 1 is 1.55 bits per heavy atom. The number of carboxylic acids is 1. The molecule has 1 aliphatic carbocycles. The van der Waals surface area contributed by atoms with Crippen LogP contribution in [0.1, 0.15) is 47.7 Å². The maximum atomic E-state index is 12.9. The number of aromatic nitrogens is 2. The lowest BCUT2D eigenvalue weighted by molar-refractivity contribution is -0.142. The molecule has 1 N–H and O–H groups in total. The summed E-state index contributed by atoms with van der Waals surface area (Å²) in [6.07, 6.45) is -3.07. The van der Waals surface area contributed by atoms with Crippen LogP contribution in [0, 0.1) is 5.92 Å². The van der Waals surface area contributed by atoms with E-state index in [1.807, 2.05) is 0 Å². The van der Waals surface area contributed by atoms with Crippen molar-refractivity contribution in [1.29, 1.82) is 0 Å². The minimum atomic E-state index is -4.84. The average Bonchev–Trinajstić information content (AvgIpc) is 3.18. The third-order valence-electron chi connectivity index (χ3n) is 2.96. The summed E-state index contributed by atoms with van der Waals surface area (Å²) in [4.78, 5) is 18.0. The monoisotopic (exact) mass is 290 g/mol. The molecule has 8 heteroatoms. The van der Waals surface area contributed by atoms with Gasteiger partial charge in [0, 0.05) is 12.8 Å². The number of halogens is 3. The smallest absolute Gasteiger partial charge is 0.434 e. The normalized spacial score (nSPS) is 17.0. The molecule has 110 valence electrons. The van der Waals surface area contributed by atoms with Crippen LogP contribution in [0.2, 0.25) is 0 Å². The Balaban J connectivity index is 2.43. The van der Waals surface area contributed by atoms with E-state index in [1.165, 1.54) is 0 Å². The number of carbonyl (C=O) groups is 1. The van der Waals surface area contributed by atoms with Crippen LogP contribution in [0.5, 0.6) is 0 Å². The van der Waals surface area contributed by atoms with Crippen LogP contribution in [0.25, 0.3) is 0 Å². The lowest BCUT2D eigenvalue weighted by Crippen LogP contribution is -2.20. The first kappa shape index (κ1) is 14.7. The van der Waals surface area contributed by atoms with Crippen molar-refractivity contribution in [3.8, 4) is 0 Å². The van der Waals surface area contributed by atoms with E-state index in [9.17, 15) is 18.0 Å². The molecule has 1 atom stereocenters. The van der Waals surface area contributed by atoms with Gasteiger partial charge in [-0.3, -0.25) is 0 Å². The van der Waals surface area contributed by atoms with Gasteiger partial charge < -0.3 is 9.84 Å². The highest BCUT2D eigenvalue weighted by atomic mass is 19.4. The van der Waals surface area contributed by atoms with Crippen molar-refractivity contribution in [2.45, 2.75) is 32.0 Å². The molecule has 1 heterocycles. The molecule has 1 unspecified atom stereocenters. The fourth-order valence-electron chi connectivity index (χ4n) is 1.91. The summed E-state index contributed by atoms with van der Waals surface area (Å²) in [6.45, 7) is 2.05. The molecule has 5 nitrogen and oxygen atoms in total. The van der Waals surface area contributed by atoms with Gasteiger partial charge in [0.05, 0.1) is 0 Å². The van der Waals surface area contributed by atoms with Crippen molar-refractivity contribution in [2.75, 3.05) is 6.61 Å². The molecule has 0 radical (unpaired) electrons. The largest absolute Gasteiger partial charge is 0.478 e. The van der Waals surface area contributed by atoms with Crippen molar-refractivity contribution < 1.29 is 27.8 Å². The predicted molar refractivity (Wildman–Crippen MR) is 61.1 cm³/mol. The second-order valence-corrected chi connectivity index (χ2v) is 4.51. The molecule has 2 rings (SSSR count). The molecule has 0 aliphatic heterocycles. The zero-order valence-corrected chi connectivity index (χ0v) is 10.6. The van der Waals surface area contributed by atoms with E-state index in [2.05, 4.69) is 9.97 Å². The number of nitrogens with zero attached hydrogens (tertiary/aromatic N) is 2. The van der Waals surface area contributed by atoms with Crippen molar-refractivity contribution >= 4 is 5.97 Å². The number of hydrogen-bond acceptors (Lipinski definition) is 4. The molecular weight excluding hydrogens is 277 g/mol. The topological polar surface area (TPSA) is 72.3 Å². The van der Waals surface area contributed by atoms with Gasteiger partial charge in [0.25, 0.3) is 0 Å². The summed E-state index contributed by atoms with van der Waals surface area (Å²) in [5, 5.41) is 8.77. The van der Waals surface area contributed by atoms with Crippen LogP contribution in [0.3, 0.4) is 0 Å². The van der Waals surface area contributed by atoms with Crippen molar-refractivity contribution in [1.82, 2.24) is 9.97 Å². The van der Waals surface area contributed by atoms with E-state index in [4.69, 9.17) is 9.84 Å². The summed E-state index contributed by atoms with van der Waals surface area (Å²) in [5.74, 6) is -1.71. The second kappa shape index (κ2) is 5.35. The molecule has 1 fully saturated rings. The summed E-state index contributed by atoms with van der Waals surface area (Å²) < 4.78 is 44.0. The number of hydrogen-bond donors (Lipinski definition) is 1. The minimum absolute atomic E-state index is 0.103. The van der Waals surface area contributed by atoms with E-state index < -0.39 is 29.5 Å². The summed E-state index contributed by atoms with van der Waals surface area (Å²) in [7, 11) is 0. The number of alkyl halides is 3. The lowest BCUT2D eigenvalue weighted by atomic mass is 10.1. The summed E-state index contributed by atoms with van der Waals surface area (Å²) in [6, 6.07) is 0. The van der Waals surface area contributed by atoms with Gasteiger partial charge in [-0.05, 0) is 25.7 Å². The first-order valence-corrected chi connectivity index (χ1v) is 6.13. The predicted octanol–water partition coefficient (Wildman–Crippen LogP) is 2.68. The second-order valence-electron chi connectivity index (χ2n) is 4.51. The third kappa shape index (κ3) is 3.06. The van der Waals surface area contributed by atoms with Crippen LogP contribution in [0.4, 0.5) is 13.2 Å². The molecule has 1 saturated carbocycles. The molecule has 0 aromatic carbocycles. The Kier molecular flexibility index (Phi) is 3.94. The number of carboxylic acid groups (broad SMARTS) is 1. The van der Waals surface area contributed by atoms with E-state index in [0.717, 1.165) is 12.8 Å². The SMILES string of the molecule is CCOC(c1ncc(C(=O)O)c(C(F)(F)F)n1)C1CC1. The Morgan fingerprint density at radius 3 is 2.65 bits per heavy atom. The van der Waals surface area contributed by atoms with Gasteiger partial charge in [-0.2, -0.15) is 13.2 Å². The van der Waals surface area contributed by atoms with E-state index in [0.29, 0.717) is 12.8 Å². The van der Waals surface area contributed by atoms with Crippen LogP contribution in [-0.4, -0.2) is 27.7 Å². The maximum absolute atomic E-state index is 12.9. The van der Waals surface area contributed by atoms with Crippen molar-refractivity contribution in [3.63, 3.8) is 0 Å². The fourth-order valence-corrected chi connectivity index (χ4v) is 1.91. The fraction of sp³-hybridized carbons (Fsp3) is 0.583. The first-order valence-electron chi connectivity index (χ1n) is 6.13. The zero-order valence-electron chi connectivity index (χ0n) is 10.6. The number of rotatable bonds is 5. The van der Waals surface area contributed by atoms with Gasteiger partial charge in [-0.15, -0.1) is 0 Å². The van der Waals surface area contributed by atoms with Gasteiger partial charge in [-0.1, -0.05) is 0 Å². The van der Waals surface area contributed by atoms with Crippen LogP contribution in [0.15, 0.2) is 6.20 Å². The zero-order chi connectivity index (χ0) is 14.9. The Bertz CT molecular complexity index is 515. The minimum Gasteiger partial charge on any atom is -0.478 e. The number of ether oxygens (including phenoxy) is 1. The van der Waals surface area contributed by atoms with Gasteiger partial charge in [-0.25, -0.2) is 14.8 Å². The highest BCUT2D eigenvalue weighted by molar-refractivity contribution is 5.88. The average molecular weight is 290 g/mol. The Labute approximate surface area is 112 Å². The number of aromatic carboxylic acids is 1. The molecule has 1 aliphatic rings. The van der Waals surface area contributed by atoms with Gasteiger partial charge >= 0.3 is 12.1 Å². The first-order chi connectivity index (χ1) is 9.34. The summed E-state index contributed by atoms with van der Waals surface area (Å²) in [5.41, 5.74) is -2.38. The molecule has 20 heavy (non-hydrogen) atoms. The molecule has 1 aromatic rings. The van der Waals surface area contributed by atoms with E-state index in [1.54, 1.807) is 6.92 Å².